The van der Waals surface area contributed by atoms with E-state index >= 15 is 0 Å². The van der Waals surface area contributed by atoms with Gasteiger partial charge in [0.25, 0.3) is 0 Å². The number of aryl methyl sites for hydroxylation is 2. The van der Waals surface area contributed by atoms with Crippen molar-refractivity contribution in [3.05, 3.63) is 29.8 Å². The fourth-order valence-corrected chi connectivity index (χ4v) is 2.43. The van der Waals surface area contributed by atoms with E-state index in [4.69, 9.17) is 0 Å². The van der Waals surface area contributed by atoms with Gasteiger partial charge in [-0.2, -0.15) is 10.2 Å². The minimum Gasteiger partial charge on any atom is -0.322 e. The molecule has 0 radical (unpaired) electrons. The molecule has 2 atom stereocenters. The molecule has 2 rings (SSSR count). The summed E-state index contributed by atoms with van der Waals surface area (Å²) < 4.78 is 3.61. The maximum atomic E-state index is 12.3. The molecule has 22 heavy (non-hydrogen) atoms. The zero-order chi connectivity index (χ0) is 16.3. The van der Waals surface area contributed by atoms with Crippen molar-refractivity contribution in [2.45, 2.75) is 46.3 Å². The Bertz CT molecular complexity index is 631. The first-order valence-corrected chi connectivity index (χ1v) is 7.43. The molecule has 0 saturated carbocycles. The van der Waals surface area contributed by atoms with Gasteiger partial charge in [-0.25, -0.2) is 0 Å². The lowest BCUT2D eigenvalue weighted by atomic mass is 10.2. The van der Waals surface area contributed by atoms with Crippen molar-refractivity contribution in [3.8, 4) is 0 Å². The van der Waals surface area contributed by atoms with Crippen LogP contribution in [-0.2, 0) is 18.4 Å². The van der Waals surface area contributed by atoms with Gasteiger partial charge >= 0.3 is 0 Å². The number of hydrogen-bond donors (Lipinski definition) is 2. The fraction of sp³-hybridized carbons (Fsp3) is 0.533. The van der Waals surface area contributed by atoms with E-state index in [0.717, 1.165) is 23.6 Å². The molecular weight excluding hydrogens is 280 g/mol. The summed E-state index contributed by atoms with van der Waals surface area (Å²) in [6, 6.07) is 1.72. The number of carbonyl (C=O) groups is 1. The number of rotatable bonds is 6. The van der Waals surface area contributed by atoms with Crippen molar-refractivity contribution < 1.29 is 4.79 Å². The molecule has 0 aliphatic rings. The summed E-state index contributed by atoms with van der Waals surface area (Å²) in [7, 11) is 1.87. The molecule has 0 bridgehead atoms. The van der Waals surface area contributed by atoms with E-state index < -0.39 is 0 Å². The second kappa shape index (κ2) is 6.74. The number of nitrogens with one attached hydrogen (secondary N) is 2. The largest absolute Gasteiger partial charge is 0.322 e. The first-order chi connectivity index (χ1) is 10.4. The molecule has 0 aliphatic carbocycles. The normalized spacial score (nSPS) is 13.9. The molecule has 1 amide bonds. The molecule has 0 spiro atoms. The smallest absolute Gasteiger partial charge is 0.241 e. The Balaban J connectivity index is 1.91. The molecule has 7 heteroatoms. The average Bonchev–Trinajstić information content (AvgIpc) is 3.02. The number of aromatic nitrogens is 4. The topological polar surface area (TPSA) is 76.8 Å². The Kier molecular flexibility index (Phi) is 4.97. The van der Waals surface area contributed by atoms with Crippen LogP contribution >= 0.6 is 0 Å². The highest BCUT2D eigenvalue weighted by molar-refractivity contribution is 5.95. The van der Waals surface area contributed by atoms with Gasteiger partial charge in [0.1, 0.15) is 0 Å². The monoisotopic (exact) mass is 304 g/mol. The summed E-state index contributed by atoms with van der Waals surface area (Å²) in [5, 5.41) is 14.7. The number of nitrogens with zero attached hydrogens (tertiary/aromatic N) is 4. The van der Waals surface area contributed by atoms with Gasteiger partial charge < -0.3 is 10.6 Å². The summed E-state index contributed by atoms with van der Waals surface area (Å²) in [5.74, 6) is -0.0634. The van der Waals surface area contributed by atoms with E-state index in [0.29, 0.717) is 0 Å². The third kappa shape index (κ3) is 3.73. The fourth-order valence-electron chi connectivity index (χ4n) is 2.43. The third-order valence-corrected chi connectivity index (χ3v) is 3.71. The predicted molar refractivity (Wildman–Crippen MR) is 85.6 cm³/mol. The summed E-state index contributed by atoms with van der Waals surface area (Å²) >= 11 is 0. The van der Waals surface area contributed by atoms with E-state index in [9.17, 15) is 4.79 Å². The SMILES string of the molecule is Cc1nn(C)c(C)c1NC(=O)C(C)NC(C)Cn1cccn1. The Morgan fingerprint density at radius 2 is 2.09 bits per heavy atom. The average molecular weight is 304 g/mol. The van der Waals surface area contributed by atoms with Crippen LogP contribution in [0.3, 0.4) is 0 Å². The molecule has 2 N–H and O–H groups in total. The lowest BCUT2D eigenvalue weighted by Gasteiger charge is -2.19. The van der Waals surface area contributed by atoms with Crippen molar-refractivity contribution in [1.29, 1.82) is 0 Å². The Morgan fingerprint density at radius 1 is 1.36 bits per heavy atom. The first-order valence-electron chi connectivity index (χ1n) is 7.43. The highest BCUT2D eigenvalue weighted by Gasteiger charge is 2.19. The maximum absolute atomic E-state index is 12.3. The van der Waals surface area contributed by atoms with Gasteiger partial charge in [0, 0.05) is 25.5 Å². The van der Waals surface area contributed by atoms with Crippen molar-refractivity contribution in [1.82, 2.24) is 24.9 Å². The van der Waals surface area contributed by atoms with Crippen LogP contribution in [0.1, 0.15) is 25.2 Å². The maximum Gasteiger partial charge on any atom is 0.241 e. The van der Waals surface area contributed by atoms with Gasteiger partial charge in [0.2, 0.25) is 5.91 Å². The van der Waals surface area contributed by atoms with Crippen molar-refractivity contribution >= 4 is 11.6 Å². The number of carbonyl (C=O) groups excluding carboxylic acids is 1. The molecule has 0 aliphatic heterocycles. The van der Waals surface area contributed by atoms with E-state index in [-0.39, 0.29) is 18.0 Å². The molecule has 2 heterocycles. The number of amides is 1. The minimum absolute atomic E-state index is 0.0634. The molecular formula is C15H24N6O. The van der Waals surface area contributed by atoms with Crippen molar-refractivity contribution in [2.24, 2.45) is 7.05 Å². The Labute approximate surface area is 130 Å². The second-order valence-corrected chi connectivity index (χ2v) is 5.68. The second-order valence-electron chi connectivity index (χ2n) is 5.68. The van der Waals surface area contributed by atoms with Crippen LogP contribution in [0.25, 0.3) is 0 Å². The van der Waals surface area contributed by atoms with Gasteiger partial charge in [0.15, 0.2) is 0 Å². The molecule has 2 unspecified atom stereocenters. The molecule has 120 valence electrons. The van der Waals surface area contributed by atoms with Crippen molar-refractivity contribution in [2.75, 3.05) is 5.32 Å². The summed E-state index contributed by atoms with van der Waals surface area (Å²) in [6.45, 7) is 8.44. The lowest BCUT2D eigenvalue weighted by molar-refractivity contribution is -0.118. The molecule has 0 fully saturated rings. The highest BCUT2D eigenvalue weighted by atomic mass is 16.2. The van der Waals surface area contributed by atoms with Crippen LogP contribution < -0.4 is 10.6 Å². The van der Waals surface area contributed by atoms with E-state index in [1.54, 1.807) is 10.9 Å². The van der Waals surface area contributed by atoms with Crippen molar-refractivity contribution in [3.63, 3.8) is 0 Å². The van der Waals surface area contributed by atoms with Gasteiger partial charge in [-0.15, -0.1) is 0 Å². The van der Waals surface area contributed by atoms with E-state index in [1.165, 1.54) is 0 Å². The minimum atomic E-state index is -0.301. The van der Waals surface area contributed by atoms with Crippen LogP contribution in [0, 0.1) is 13.8 Å². The molecule has 2 aromatic heterocycles. The predicted octanol–water partition coefficient (Wildman–Crippen LogP) is 1.24. The van der Waals surface area contributed by atoms with E-state index in [2.05, 4.69) is 20.8 Å². The number of hydrogen-bond acceptors (Lipinski definition) is 4. The van der Waals surface area contributed by atoms with Gasteiger partial charge in [-0.05, 0) is 33.8 Å². The number of anilines is 1. The first kappa shape index (κ1) is 16.2. The summed E-state index contributed by atoms with van der Waals surface area (Å²) in [6.07, 6.45) is 3.65. The zero-order valence-electron chi connectivity index (χ0n) is 13.8. The van der Waals surface area contributed by atoms with Crippen LogP contribution in [-0.4, -0.2) is 37.6 Å². The molecule has 0 aromatic carbocycles. The highest BCUT2D eigenvalue weighted by Crippen LogP contribution is 2.18. The lowest BCUT2D eigenvalue weighted by Crippen LogP contribution is -2.44. The van der Waals surface area contributed by atoms with Gasteiger partial charge in [-0.1, -0.05) is 0 Å². The summed E-state index contributed by atoms with van der Waals surface area (Å²) in [4.78, 5) is 12.3. The molecule has 0 saturated heterocycles. The molecule has 7 nitrogen and oxygen atoms in total. The summed E-state index contributed by atoms with van der Waals surface area (Å²) in [5.41, 5.74) is 2.56. The molecule has 2 aromatic rings. The van der Waals surface area contributed by atoms with Crippen LogP contribution in [0.4, 0.5) is 5.69 Å². The van der Waals surface area contributed by atoms with E-state index in [1.807, 2.05) is 51.7 Å². The van der Waals surface area contributed by atoms with Crippen LogP contribution in [0.2, 0.25) is 0 Å². The Morgan fingerprint density at radius 3 is 2.64 bits per heavy atom. The standard InChI is InChI=1S/C15H24N6O/c1-10(9-21-8-6-7-16-21)17-12(3)15(22)18-14-11(2)19-20(5)13(14)4/h6-8,10,12,17H,9H2,1-5H3,(H,18,22). The van der Waals surface area contributed by atoms with Crippen LogP contribution in [0.5, 0.6) is 0 Å². The zero-order valence-corrected chi connectivity index (χ0v) is 13.8. The van der Waals surface area contributed by atoms with Gasteiger partial charge in [0.05, 0.1) is 29.7 Å². The quantitative estimate of drug-likeness (QED) is 0.842. The van der Waals surface area contributed by atoms with Gasteiger partial charge in [-0.3, -0.25) is 14.2 Å². The Hall–Kier alpha value is -2.15. The van der Waals surface area contributed by atoms with Crippen LogP contribution in [0.15, 0.2) is 18.5 Å². The third-order valence-electron chi connectivity index (χ3n) is 3.71.